The Balaban J connectivity index is 0.000000305. The maximum absolute atomic E-state index is 14.9. The third-order valence-corrected chi connectivity index (χ3v) is 14.0. The Morgan fingerprint density at radius 1 is 0.947 bits per heavy atom. The molecule has 1 saturated heterocycles. The molecule has 3 aromatic rings. The van der Waals surface area contributed by atoms with Crippen LogP contribution in [0.25, 0.3) is 0 Å². The van der Waals surface area contributed by atoms with Crippen molar-refractivity contribution >= 4 is 39.1 Å². The van der Waals surface area contributed by atoms with E-state index in [9.17, 15) is 44.9 Å². The molecule has 4 fully saturated rings. The van der Waals surface area contributed by atoms with Crippen LogP contribution in [0.2, 0.25) is 0 Å². The number of hydrogen-bond donors (Lipinski definition) is 2. The van der Waals surface area contributed by atoms with E-state index in [1.807, 2.05) is 38.1 Å². The molecule has 57 heavy (non-hydrogen) atoms. The van der Waals surface area contributed by atoms with E-state index in [2.05, 4.69) is 10.6 Å². The first kappa shape index (κ1) is 42.5. The number of alkyl halides is 3. The van der Waals surface area contributed by atoms with Gasteiger partial charge in [-0.1, -0.05) is 44.2 Å². The topological polar surface area (TPSA) is 140 Å². The smallest absolute Gasteiger partial charge is 0.416 e. The molecular formula is C43H51F4N3O6S. The number of hydrogen-bond acceptors (Lipinski definition) is 6. The van der Waals surface area contributed by atoms with Crippen LogP contribution in [0.3, 0.4) is 0 Å². The lowest BCUT2D eigenvalue weighted by atomic mass is 9.70. The molecule has 1 unspecified atom stereocenters. The number of fused-ring (bicyclic) bond motifs is 2. The van der Waals surface area contributed by atoms with Crippen LogP contribution in [0.1, 0.15) is 110 Å². The molecule has 14 heteroatoms. The number of Topliss-reactive ketones (excluding diaryl/α,β-unsaturated/α-hetero) is 1. The van der Waals surface area contributed by atoms with Gasteiger partial charge in [-0.05, 0) is 124 Å². The molecule has 0 radical (unpaired) electrons. The van der Waals surface area contributed by atoms with E-state index in [1.54, 1.807) is 24.0 Å². The molecule has 4 aliphatic rings. The predicted octanol–water partition coefficient (Wildman–Crippen LogP) is 7.76. The number of halogens is 4. The van der Waals surface area contributed by atoms with Crippen LogP contribution < -0.4 is 10.6 Å². The normalized spacial score (nSPS) is 24.6. The van der Waals surface area contributed by atoms with Gasteiger partial charge >= 0.3 is 6.18 Å². The minimum Gasteiger partial charge on any atom is -0.748 e. The second-order valence-electron chi connectivity index (χ2n) is 16.9. The highest BCUT2D eigenvalue weighted by Gasteiger charge is 2.64. The lowest BCUT2D eigenvalue weighted by Gasteiger charge is -2.41. The number of nitrogens with two attached hydrogens (primary N) is 1. The Labute approximate surface area is 331 Å². The zero-order valence-electron chi connectivity index (χ0n) is 32.8. The van der Waals surface area contributed by atoms with Gasteiger partial charge in [0.15, 0.2) is 0 Å². The number of anilines is 1. The molecule has 2 amide bonds. The Hall–Kier alpha value is -4.14. The van der Waals surface area contributed by atoms with Crippen molar-refractivity contribution < 1.29 is 50.2 Å². The SMILES string of the molecule is CC1(C)C2CC[C@@]1(CS(=O)(=O)[O-])C(=O)C2.Cc1ccc(NC(=O)[C@H]2CCCN(C(=O)c3c(C)cccc3F)[C@H]2c2ccc([NH2+]C3CCCC3)cc2)cc1C(F)(F)F. The minimum atomic E-state index is -4.56. The second-order valence-corrected chi connectivity index (χ2v) is 18.3. The van der Waals surface area contributed by atoms with E-state index in [1.165, 1.54) is 38.0 Å². The Bertz CT molecular complexity index is 2100. The molecule has 3 N–H and O–H groups in total. The molecule has 0 spiro atoms. The third kappa shape index (κ3) is 8.83. The number of piperidine rings is 1. The summed E-state index contributed by atoms with van der Waals surface area (Å²) in [6.07, 6.45) is 2.98. The molecule has 7 rings (SSSR count). The van der Waals surface area contributed by atoms with Crippen molar-refractivity contribution in [3.8, 4) is 0 Å². The maximum Gasteiger partial charge on any atom is 0.416 e. The maximum atomic E-state index is 14.9. The molecule has 3 aromatic carbocycles. The number of quaternary nitrogens is 1. The fourth-order valence-corrected chi connectivity index (χ4v) is 11.1. The molecule has 1 aliphatic heterocycles. The van der Waals surface area contributed by atoms with Gasteiger partial charge in [-0.25, -0.2) is 12.8 Å². The Morgan fingerprint density at radius 3 is 2.21 bits per heavy atom. The van der Waals surface area contributed by atoms with Crippen LogP contribution >= 0.6 is 0 Å². The van der Waals surface area contributed by atoms with Crippen LogP contribution in [0.5, 0.6) is 0 Å². The number of likely N-dealkylation sites (tertiary alicyclic amines) is 1. The molecule has 4 atom stereocenters. The summed E-state index contributed by atoms with van der Waals surface area (Å²) in [7, 11) is -4.33. The summed E-state index contributed by atoms with van der Waals surface area (Å²) in [5, 5.41) is 4.93. The molecule has 308 valence electrons. The summed E-state index contributed by atoms with van der Waals surface area (Å²) in [5.41, 5.74) is 0.287. The molecular weight excluding hydrogens is 763 g/mol. The van der Waals surface area contributed by atoms with Crippen LogP contribution in [0.4, 0.5) is 28.9 Å². The zero-order valence-corrected chi connectivity index (χ0v) is 33.6. The minimum absolute atomic E-state index is 0.0248. The number of carbonyl (C=O) groups is 3. The van der Waals surface area contributed by atoms with E-state index in [-0.39, 0.29) is 33.9 Å². The van der Waals surface area contributed by atoms with E-state index >= 15 is 0 Å². The highest BCUT2D eigenvalue weighted by Crippen LogP contribution is 2.64. The summed E-state index contributed by atoms with van der Waals surface area (Å²) < 4.78 is 88.2. The number of ketones is 1. The fraction of sp³-hybridized carbons (Fsp3) is 0.512. The average Bonchev–Trinajstić information content (AvgIpc) is 3.78. The quantitative estimate of drug-likeness (QED) is 0.135. The number of rotatable bonds is 8. The molecule has 0 aromatic heterocycles. The van der Waals surface area contributed by atoms with Gasteiger partial charge in [-0.2, -0.15) is 13.2 Å². The van der Waals surface area contributed by atoms with Crippen molar-refractivity contribution in [2.24, 2.45) is 22.7 Å². The predicted molar refractivity (Wildman–Crippen MR) is 206 cm³/mol. The van der Waals surface area contributed by atoms with Gasteiger partial charge in [0.2, 0.25) is 5.91 Å². The van der Waals surface area contributed by atoms with Gasteiger partial charge < -0.3 is 20.1 Å². The van der Waals surface area contributed by atoms with Crippen molar-refractivity contribution in [3.05, 3.63) is 94.3 Å². The first-order chi connectivity index (χ1) is 26.7. The summed E-state index contributed by atoms with van der Waals surface area (Å²) in [4.78, 5) is 41.0. The van der Waals surface area contributed by atoms with E-state index in [4.69, 9.17) is 0 Å². The summed E-state index contributed by atoms with van der Waals surface area (Å²) in [6.45, 7) is 7.19. The average molecular weight is 814 g/mol. The van der Waals surface area contributed by atoms with Crippen molar-refractivity contribution in [1.82, 2.24) is 4.90 Å². The van der Waals surface area contributed by atoms with Crippen molar-refractivity contribution in [3.63, 3.8) is 0 Å². The number of aryl methyl sites for hydroxylation is 2. The number of nitrogens with one attached hydrogen (secondary N) is 1. The molecule has 1 heterocycles. The van der Waals surface area contributed by atoms with Crippen LogP contribution in [-0.4, -0.2) is 53.8 Å². The highest BCUT2D eigenvalue weighted by atomic mass is 32.2. The third-order valence-electron chi connectivity index (χ3n) is 13.1. The summed E-state index contributed by atoms with van der Waals surface area (Å²) in [5.74, 6) is -2.66. The van der Waals surface area contributed by atoms with Gasteiger partial charge in [-0.15, -0.1) is 0 Å². The van der Waals surface area contributed by atoms with Crippen molar-refractivity contribution in [1.29, 1.82) is 0 Å². The largest absolute Gasteiger partial charge is 0.748 e. The molecule has 2 bridgehead atoms. The highest BCUT2D eigenvalue weighted by molar-refractivity contribution is 7.85. The lowest BCUT2D eigenvalue weighted by Crippen LogP contribution is -2.83. The van der Waals surface area contributed by atoms with Gasteiger partial charge in [0.1, 0.15) is 17.3 Å². The Kier molecular flexibility index (Phi) is 12.1. The van der Waals surface area contributed by atoms with Gasteiger partial charge in [-0.3, -0.25) is 14.4 Å². The molecule has 3 saturated carbocycles. The molecule has 3 aliphatic carbocycles. The van der Waals surface area contributed by atoms with E-state index in [0.717, 1.165) is 36.6 Å². The van der Waals surface area contributed by atoms with E-state index < -0.39 is 62.6 Å². The number of amides is 2. The fourth-order valence-electron chi connectivity index (χ4n) is 9.81. The number of carbonyl (C=O) groups excluding carboxylic acids is 3. The van der Waals surface area contributed by atoms with Gasteiger partial charge in [0.05, 0.1) is 45.0 Å². The van der Waals surface area contributed by atoms with Crippen LogP contribution in [0.15, 0.2) is 60.7 Å². The number of benzene rings is 3. The van der Waals surface area contributed by atoms with Crippen LogP contribution in [-0.2, 0) is 25.9 Å². The monoisotopic (exact) mass is 813 g/mol. The second kappa shape index (κ2) is 16.2. The van der Waals surface area contributed by atoms with Crippen molar-refractivity contribution in [2.45, 2.75) is 104 Å². The van der Waals surface area contributed by atoms with Crippen LogP contribution in [0, 0.1) is 42.3 Å². The zero-order chi connectivity index (χ0) is 41.5. The van der Waals surface area contributed by atoms with Crippen molar-refractivity contribution in [2.75, 3.05) is 17.6 Å². The summed E-state index contributed by atoms with van der Waals surface area (Å²) in [6, 6.07) is 15.7. The van der Waals surface area contributed by atoms with E-state index in [0.29, 0.717) is 43.8 Å². The number of nitrogens with zero attached hydrogens (tertiary/aromatic N) is 1. The first-order valence-corrected chi connectivity index (χ1v) is 21.3. The first-order valence-electron chi connectivity index (χ1n) is 19.7. The standard InChI is InChI=1S/C33H35F4N3O2.C10H16O4S/c1-20-12-15-25(19-27(20)33(35,36)37)39-31(41)26-10-6-18-40(32(42)29-21(2)7-5-11-28(29)34)30(26)22-13-16-24(17-14-22)38-23-8-3-4-9-23;1-9(2)7-3-4-10(9,8(11)5-7)6-15(12,13)14/h5,7,11-17,19,23,26,30,38H,3-4,6,8-10,18H2,1-2H3,(H,39,41);7H,3-6H2,1-2H3,(H,12,13,14)/t26-,30-;7?,10-/m01/s1. The van der Waals surface area contributed by atoms with Gasteiger partial charge in [0.25, 0.3) is 5.91 Å². The molecule has 9 nitrogen and oxygen atoms in total. The van der Waals surface area contributed by atoms with Gasteiger partial charge in [0, 0.05) is 24.1 Å². The Morgan fingerprint density at radius 2 is 1.63 bits per heavy atom. The lowest BCUT2D eigenvalue weighted by molar-refractivity contribution is -0.609. The summed E-state index contributed by atoms with van der Waals surface area (Å²) >= 11 is 0.